The van der Waals surface area contributed by atoms with Crippen LogP contribution in [0.4, 0.5) is 10.5 Å². The van der Waals surface area contributed by atoms with Gasteiger partial charge in [-0.15, -0.1) is 11.3 Å². The minimum Gasteiger partial charge on any atom is -0.494 e. The van der Waals surface area contributed by atoms with Crippen molar-refractivity contribution in [1.82, 2.24) is 9.47 Å². The van der Waals surface area contributed by atoms with Gasteiger partial charge in [0.15, 0.2) is 0 Å². The molecule has 0 unspecified atom stereocenters. The normalized spacial score (nSPS) is 13.7. The molecule has 0 N–H and O–H groups in total. The zero-order valence-electron chi connectivity index (χ0n) is 31.1. The molecule has 2 aromatic carbocycles. The van der Waals surface area contributed by atoms with Gasteiger partial charge in [-0.05, 0) is 73.0 Å². The minimum absolute atomic E-state index is 0.329. The fourth-order valence-electron chi connectivity index (χ4n) is 7.28. The van der Waals surface area contributed by atoms with E-state index in [1.165, 1.54) is 98.9 Å². The third-order valence-corrected chi connectivity index (χ3v) is 11.2. The molecule has 1 aliphatic heterocycles. The number of rotatable bonds is 23. The molecule has 2 aromatic heterocycles. The SMILES string of the molecule is CCCCCCCCCCCCCCCCCOC(=O)n1c(=O)ccc2ccc(OCCCCN3CCN(c4cccc5sccc45)CC3)cc21. The minimum atomic E-state index is -0.611. The van der Waals surface area contributed by atoms with Crippen molar-refractivity contribution in [3.63, 3.8) is 0 Å². The fourth-order valence-corrected chi connectivity index (χ4v) is 8.09. The molecule has 278 valence electrons. The average Bonchev–Trinajstić information content (AvgIpc) is 3.64. The molecule has 1 fully saturated rings. The number of thiophene rings is 1. The zero-order chi connectivity index (χ0) is 35.5. The van der Waals surface area contributed by atoms with Crippen LogP contribution >= 0.6 is 11.3 Å². The fraction of sp³-hybridized carbons (Fsp3) is 0.581. The number of benzene rings is 2. The van der Waals surface area contributed by atoms with E-state index in [2.05, 4.69) is 46.4 Å². The number of piperazine rings is 1. The summed E-state index contributed by atoms with van der Waals surface area (Å²) in [6, 6.07) is 17.6. The van der Waals surface area contributed by atoms with Crippen molar-refractivity contribution in [3.05, 3.63) is 70.3 Å². The predicted molar refractivity (Wildman–Crippen MR) is 215 cm³/mol. The maximum absolute atomic E-state index is 13.0. The third kappa shape index (κ3) is 12.4. The van der Waals surface area contributed by atoms with E-state index >= 15 is 0 Å². The highest BCUT2D eigenvalue weighted by atomic mass is 32.1. The van der Waals surface area contributed by atoms with Gasteiger partial charge < -0.3 is 14.4 Å². The van der Waals surface area contributed by atoms with Crippen molar-refractivity contribution < 1.29 is 14.3 Å². The predicted octanol–water partition coefficient (Wildman–Crippen LogP) is 11.1. The largest absolute Gasteiger partial charge is 0.494 e. The molecule has 1 saturated heterocycles. The van der Waals surface area contributed by atoms with E-state index in [0.29, 0.717) is 24.5 Å². The Bertz CT molecular complexity index is 1660. The van der Waals surface area contributed by atoms with Crippen LogP contribution in [0.1, 0.15) is 116 Å². The molecule has 0 bridgehead atoms. The van der Waals surface area contributed by atoms with Crippen LogP contribution in [-0.2, 0) is 4.74 Å². The van der Waals surface area contributed by atoms with Crippen LogP contribution in [0.25, 0.3) is 21.0 Å². The molecule has 4 aromatic rings. The molecule has 0 spiro atoms. The van der Waals surface area contributed by atoms with Gasteiger partial charge in [0.1, 0.15) is 5.75 Å². The van der Waals surface area contributed by atoms with E-state index in [1.807, 2.05) is 23.5 Å². The van der Waals surface area contributed by atoms with Crippen molar-refractivity contribution in [2.75, 3.05) is 50.8 Å². The quantitative estimate of drug-likeness (QED) is 0.0713. The molecule has 3 heterocycles. The van der Waals surface area contributed by atoms with Crippen LogP contribution < -0.4 is 15.2 Å². The Labute approximate surface area is 309 Å². The van der Waals surface area contributed by atoms with E-state index < -0.39 is 6.09 Å². The number of fused-ring (bicyclic) bond motifs is 2. The molecule has 7 nitrogen and oxygen atoms in total. The second kappa shape index (κ2) is 21.9. The van der Waals surface area contributed by atoms with Crippen molar-refractivity contribution >= 4 is 44.1 Å². The Hall–Kier alpha value is -3.36. The molecule has 0 aliphatic carbocycles. The summed E-state index contributed by atoms with van der Waals surface area (Å²) in [5.74, 6) is 0.660. The van der Waals surface area contributed by atoms with E-state index in [-0.39, 0.29) is 5.56 Å². The van der Waals surface area contributed by atoms with Gasteiger partial charge in [-0.25, -0.2) is 9.36 Å². The van der Waals surface area contributed by atoms with Gasteiger partial charge in [0.05, 0.1) is 18.7 Å². The Morgan fingerprint density at radius 3 is 2.06 bits per heavy atom. The first kappa shape index (κ1) is 38.9. The van der Waals surface area contributed by atoms with Crippen LogP contribution in [0.5, 0.6) is 5.75 Å². The van der Waals surface area contributed by atoms with Gasteiger partial charge in [0.2, 0.25) is 0 Å². The Kier molecular flexibility index (Phi) is 16.7. The third-order valence-electron chi connectivity index (χ3n) is 10.3. The summed E-state index contributed by atoms with van der Waals surface area (Å²) < 4.78 is 14.2. The van der Waals surface area contributed by atoms with Crippen LogP contribution in [0, 0.1) is 0 Å². The first-order chi connectivity index (χ1) is 25.1. The maximum Gasteiger partial charge on any atom is 0.421 e. The number of carbonyl (C=O) groups excluding carboxylic acids is 1. The van der Waals surface area contributed by atoms with Crippen molar-refractivity contribution in [2.24, 2.45) is 0 Å². The van der Waals surface area contributed by atoms with Crippen LogP contribution in [0.2, 0.25) is 0 Å². The number of ether oxygens (including phenoxy) is 2. The lowest BCUT2D eigenvalue weighted by Gasteiger charge is -2.36. The molecular weight excluding hydrogens is 655 g/mol. The molecule has 0 atom stereocenters. The highest BCUT2D eigenvalue weighted by Gasteiger charge is 2.19. The van der Waals surface area contributed by atoms with E-state index in [1.54, 1.807) is 12.1 Å². The summed E-state index contributed by atoms with van der Waals surface area (Å²) in [4.78, 5) is 30.9. The van der Waals surface area contributed by atoms with Crippen molar-refractivity contribution in [3.8, 4) is 5.75 Å². The summed E-state index contributed by atoms with van der Waals surface area (Å²) in [6.07, 6.45) is 20.7. The molecule has 5 rings (SSSR count). The number of hydrogen-bond acceptors (Lipinski definition) is 7. The maximum atomic E-state index is 13.0. The van der Waals surface area contributed by atoms with Crippen molar-refractivity contribution in [2.45, 2.75) is 116 Å². The van der Waals surface area contributed by atoms with Crippen molar-refractivity contribution in [1.29, 1.82) is 0 Å². The standard InChI is InChI=1S/C43H61N3O4S/c1-2-3-4-5-6-7-8-9-10-11-12-13-14-15-17-33-50-43(48)46-40-35-37(24-22-36(40)23-25-42(46)47)49-32-18-16-27-44-28-30-45(31-29-44)39-20-19-21-41-38(39)26-34-51-41/h19-26,34-35H,2-18,27-33H2,1H3. The highest BCUT2D eigenvalue weighted by molar-refractivity contribution is 7.17. The molecule has 1 aliphatic rings. The highest BCUT2D eigenvalue weighted by Crippen LogP contribution is 2.31. The molecular formula is C43H61N3O4S. The summed E-state index contributed by atoms with van der Waals surface area (Å²) in [6.45, 7) is 8.48. The van der Waals surface area contributed by atoms with Crippen LogP contribution in [0.15, 0.2) is 64.8 Å². The number of aromatic nitrogens is 1. The Morgan fingerprint density at radius 2 is 1.35 bits per heavy atom. The number of pyridine rings is 1. The second-order valence-electron chi connectivity index (χ2n) is 14.3. The van der Waals surface area contributed by atoms with Gasteiger partial charge in [0, 0.05) is 54.1 Å². The monoisotopic (exact) mass is 715 g/mol. The first-order valence-corrected chi connectivity index (χ1v) is 20.9. The molecule has 0 saturated carbocycles. The summed E-state index contributed by atoms with van der Waals surface area (Å²) >= 11 is 1.81. The lowest BCUT2D eigenvalue weighted by Crippen LogP contribution is -2.46. The summed E-state index contributed by atoms with van der Waals surface area (Å²) in [5, 5.41) is 4.35. The summed E-state index contributed by atoms with van der Waals surface area (Å²) in [7, 11) is 0. The second-order valence-corrected chi connectivity index (χ2v) is 15.2. The molecule has 0 radical (unpaired) electrons. The van der Waals surface area contributed by atoms with Gasteiger partial charge in [-0.3, -0.25) is 9.69 Å². The number of hydrogen-bond donors (Lipinski definition) is 0. The molecule has 8 heteroatoms. The van der Waals surface area contributed by atoms with Gasteiger partial charge in [-0.1, -0.05) is 103 Å². The summed E-state index contributed by atoms with van der Waals surface area (Å²) in [5.41, 5.74) is 1.50. The average molecular weight is 716 g/mol. The molecule has 51 heavy (non-hydrogen) atoms. The number of nitrogens with zero attached hydrogens (tertiary/aromatic N) is 3. The van der Waals surface area contributed by atoms with Gasteiger partial charge in [-0.2, -0.15) is 0 Å². The van der Waals surface area contributed by atoms with Crippen LogP contribution in [0.3, 0.4) is 0 Å². The lowest BCUT2D eigenvalue weighted by molar-refractivity contribution is 0.145. The Morgan fingerprint density at radius 1 is 0.706 bits per heavy atom. The smallest absolute Gasteiger partial charge is 0.421 e. The zero-order valence-corrected chi connectivity index (χ0v) is 31.9. The van der Waals surface area contributed by atoms with E-state index in [4.69, 9.17) is 9.47 Å². The first-order valence-electron chi connectivity index (χ1n) is 20.0. The van der Waals surface area contributed by atoms with E-state index in [0.717, 1.165) is 74.8 Å². The number of carbonyl (C=O) groups is 1. The van der Waals surface area contributed by atoms with Gasteiger partial charge in [0.25, 0.3) is 5.56 Å². The van der Waals surface area contributed by atoms with E-state index in [9.17, 15) is 9.59 Å². The molecule has 0 amide bonds. The topological polar surface area (TPSA) is 64.0 Å². The lowest BCUT2D eigenvalue weighted by atomic mass is 10.0. The number of anilines is 1. The van der Waals surface area contributed by atoms with Crippen LogP contribution in [-0.4, -0.2) is 61.5 Å². The Balaban J connectivity index is 0.941. The van der Waals surface area contributed by atoms with Gasteiger partial charge >= 0.3 is 6.09 Å². The number of unbranched alkanes of at least 4 members (excludes halogenated alkanes) is 15.